The maximum atomic E-state index is 14.1. The largest absolute Gasteiger partial charge is 0.495 e. The molecule has 0 radical (unpaired) electrons. The molecule has 1 fully saturated rings. The predicted molar refractivity (Wildman–Crippen MR) is 120 cm³/mol. The molecule has 1 N–H and O–H groups in total. The van der Waals surface area contributed by atoms with Gasteiger partial charge in [-0.15, -0.1) is 0 Å². The minimum atomic E-state index is -0.451. The minimum Gasteiger partial charge on any atom is -0.495 e. The van der Waals surface area contributed by atoms with Crippen LogP contribution in [0.4, 0.5) is 20.6 Å². The van der Waals surface area contributed by atoms with Crippen LogP contribution >= 0.6 is 15.9 Å². The maximum absolute atomic E-state index is 14.1. The Labute approximate surface area is 180 Å². The molecule has 4 nitrogen and oxygen atoms in total. The Hall–Kier alpha value is -2.08. The summed E-state index contributed by atoms with van der Waals surface area (Å²) in [6.45, 7) is 4.26. The smallest absolute Gasteiger partial charge is 0.326 e. The number of urea groups is 1. The zero-order valence-corrected chi connectivity index (χ0v) is 18.8. The molecule has 3 rings (SSSR count). The van der Waals surface area contributed by atoms with E-state index in [2.05, 4.69) is 41.2 Å². The number of nitrogens with one attached hydrogen (secondary N) is 1. The van der Waals surface area contributed by atoms with Crippen LogP contribution in [0.1, 0.15) is 57.4 Å². The second-order valence-electron chi connectivity index (χ2n) is 7.77. The molecule has 29 heavy (non-hydrogen) atoms. The second-order valence-corrected chi connectivity index (χ2v) is 8.63. The number of ether oxygens (including phenoxy) is 1. The van der Waals surface area contributed by atoms with Crippen molar-refractivity contribution in [2.75, 3.05) is 17.3 Å². The number of halogens is 2. The Morgan fingerprint density at radius 2 is 1.90 bits per heavy atom. The summed E-state index contributed by atoms with van der Waals surface area (Å²) in [6.07, 6.45) is 5.34. The number of carbonyl (C=O) groups is 1. The van der Waals surface area contributed by atoms with Crippen LogP contribution in [-0.4, -0.2) is 19.2 Å². The number of methoxy groups -OCH3 is 1. The van der Waals surface area contributed by atoms with E-state index in [1.54, 1.807) is 0 Å². The molecule has 2 aromatic rings. The van der Waals surface area contributed by atoms with E-state index >= 15 is 0 Å². The van der Waals surface area contributed by atoms with Gasteiger partial charge in [-0.3, -0.25) is 4.90 Å². The summed E-state index contributed by atoms with van der Waals surface area (Å²) in [5.74, 6) is 0.241. The van der Waals surface area contributed by atoms with E-state index in [-0.39, 0.29) is 18.0 Å². The van der Waals surface area contributed by atoms with Crippen LogP contribution in [0.15, 0.2) is 40.9 Å². The van der Waals surface area contributed by atoms with Gasteiger partial charge in [-0.25, -0.2) is 9.18 Å². The highest BCUT2D eigenvalue weighted by Gasteiger charge is 2.29. The first-order valence-corrected chi connectivity index (χ1v) is 10.9. The number of para-hydroxylation sites is 1. The second kappa shape index (κ2) is 9.61. The van der Waals surface area contributed by atoms with Crippen LogP contribution in [0.2, 0.25) is 0 Å². The topological polar surface area (TPSA) is 41.6 Å². The zero-order valence-electron chi connectivity index (χ0n) is 17.2. The van der Waals surface area contributed by atoms with Gasteiger partial charge in [-0.05, 0) is 52.4 Å². The summed E-state index contributed by atoms with van der Waals surface area (Å²) in [4.78, 5) is 15.3. The number of nitrogens with zero attached hydrogens (tertiary/aromatic N) is 1. The van der Waals surface area contributed by atoms with Gasteiger partial charge in [-0.2, -0.15) is 0 Å². The first-order chi connectivity index (χ1) is 13.9. The average molecular weight is 463 g/mol. The molecule has 0 aliphatic heterocycles. The van der Waals surface area contributed by atoms with Gasteiger partial charge in [0.1, 0.15) is 11.6 Å². The molecule has 0 bridgehead atoms. The molecule has 0 heterocycles. The quantitative estimate of drug-likeness (QED) is 0.514. The van der Waals surface area contributed by atoms with Gasteiger partial charge < -0.3 is 10.1 Å². The summed E-state index contributed by atoms with van der Waals surface area (Å²) >= 11 is 3.16. The van der Waals surface area contributed by atoms with Crippen LogP contribution in [0.5, 0.6) is 5.75 Å². The number of hydrogen-bond donors (Lipinski definition) is 1. The third-order valence-electron chi connectivity index (χ3n) is 5.46. The van der Waals surface area contributed by atoms with E-state index in [0.29, 0.717) is 15.9 Å². The molecule has 6 heteroatoms. The number of hydrogen-bond acceptors (Lipinski definition) is 2. The van der Waals surface area contributed by atoms with E-state index in [0.717, 1.165) is 36.9 Å². The number of benzene rings is 2. The number of rotatable bonds is 5. The maximum Gasteiger partial charge on any atom is 0.326 e. The molecule has 0 spiro atoms. The highest BCUT2D eigenvalue weighted by molar-refractivity contribution is 9.10. The van der Waals surface area contributed by atoms with E-state index in [1.807, 2.05) is 23.1 Å². The lowest BCUT2D eigenvalue weighted by Gasteiger charge is -2.36. The lowest BCUT2D eigenvalue weighted by Crippen LogP contribution is -2.44. The summed E-state index contributed by atoms with van der Waals surface area (Å²) in [5.41, 5.74) is 2.37. The van der Waals surface area contributed by atoms with Crippen molar-refractivity contribution in [2.45, 2.75) is 57.9 Å². The van der Waals surface area contributed by atoms with Crippen molar-refractivity contribution in [3.63, 3.8) is 0 Å². The fourth-order valence-corrected chi connectivity index (χ4v) is 4.30. The minimum absolute atomic E-state index is 0.120. The number of amides is 2. The average Bonchev–Trinajstić information content (AvgIpc) is 2.71. The molecule has 1 saturated carbocycles. The third kappa shape index (κ3) is 4.92. The van der Waals surface area contributed by atoms with Crippen molar-refractivity contribution in [2.24, 2.45) is 0 Å². The van der Waals surface area contributed by atoms with Gasteiger partial charge >= 0.3 is 6.03 Å². The molecule has 0 aromatic heterocycles. The van der Waals surface area contributed by atoms with Gasteiger partial charge in [0.15, 0.2) is 0 Å². The van der Waals surface area contributed by atoms with Crippen LogP contribution in [0.25, 0.3) is 0 Å². The molecular weight excluding hydrogens is 435 g/mol. The summed E-state index contributed by atoms with van der Waals surface area (Å²) in [6, 6.07) is 10.7. The molecule has 1 aliphatic rings. The number of anilines is 2. The molecule has 156 valence electrons. The molecule has 0 atom stereocenters. The van der Waals surface area contributed by atoms with Gasteiger partial charge in [0.2, 0.25) is 0 Å². The van der Waals surface area contributed by atoms with Crippen LogP contribution in [-0.2, 0) is 0 Å². The van der Waals surface area contributed by atoms with Crippen molar-refractivity contribution in [3.05, 3.63) is 52.3 Å². The first kappa shape index (κ1) is 21.6. The van der Waals surface area contributed by atoms with E-state index < -0.39 is 5.82 Å². The van der Waals surface area contributed by atoms with Crippen LogP contribution < -0.4 is 15.0 Å². The normalized spacial score (nSPS) is 14.7. The Kier molecular flexibility index (Phi) is 7.17. The van der Waals surface area contributed by atoms with Gasteiger partial charge in [0.05, 0.1) is 17.3 Å². The Bertz CT molecular complexity index is 866. The molecule has 2 amide bonds. The first-order valence-electron chi connectivity index (χ1n) is 10.1. The Balaban J connectivity index is 1.99. The standard InChI is InChI=1S/C23H28BrFN2O2/c1-15(2)17-11-7-8-12-21(17)27(16-9-5-4-6-10-16)23(28)26-20-14-19(25)18(24)13-22(20)29-3/h7-8,11-16H,4-6,9-10H2,1-3H3,(H,26,28). The molecule has 2 aromatic carbocycles. The van der Waals surface area contributed by atoms with E-state index in [4.69, 9.17) is 4.74 Å². The number of carbonyl (C=O) groups excluding carboxylic acids is 1. The molecule has 1 aliphatic carbocycles. The fourth-order valence-electron chi connectivity index (χ4n) is 3.98. The lowest BCUT2D eigenvalue weighted by molar-refractivity contribution is 0.252. The summed E-state index contributed by atoms with van der Waals surface area (Å²) in [7, 11) is 1.50. The molecule has 0 unspecified atom stereocenters. The predicted octanol–water partition coefficient (Wildman–Crippen LogP) is 7.09. The SMILES string of the molecule is COc1cc(Br)c(F)cc1NC(=O)N(c1ccccc1C(C)C)C1CCCCC1. The van der Waals surface area contributed by atoms with E-state index in [1.165, 1.54) is 25.7 Å². The van der Waals surface area contributed by atoms with Gasteiger partial charge in [-0.1, -0.05) is 51.3 Å². The van der Waals surface area contributed by atoms with Crippen LogP contribution in [0.3, 0.4) is 0 Å². The van der Waals surface area contributed by atoms with Gasteiger partial charge in [0.25, 0.3) is 0 Å². The highest BCUT2D eigenvalue weighted by Crippen LogP contribution is 2.35. The van der Waals surface area contributed by atoms with Crippen molar-refractivity contribution < 1.29 is 13.9 Å². The van der Waals surface area contributed by atoms with Gasteiger partial charge in [0, 0.05) is 17.8 Å². The van der Waals surface area contributed by atoms with Crippen LogP contribution in [0, 0.1) is 5.82 Å². The molecule has 0 saturated heterocycles. The molecular formula is C23H28BrFN2O2. The van der Waals surface area contributed by atoms with E-state index in [9.17, 15) is 9.18 Å². The highest BCUT2D eigenvalue weighted by atomic mass is 79.9. The summed E-state index contributed by atoms with van der Waals surface area (Å²) < 4.78 is 19.8. The van der Waals surface area contributed by atoms with Crippen molar-refractivity contribution in [1.29, 1.82) is 0 Å². The lowest BCUT2D eigenvalue weighted by atomic mass is 9.92. The Morgan fingerprint density at radius 1 is 1.21 bits per heavy atom. The zero-order chi connectivity index (χ0) is 21.0. The Morgan fingerprint density at radius 3 is 2.55 bits per heavy atom. The van der Waals surface area contributed by atoms with Crippen molar-refractivity contribution in [1.82, 2.24) is 0 Å². The third-order valence-corrected chi connectivity index (χ3v) is 6.07. The fraction of sp³-hybridized carbons (Fsp3) is 0.435. The summed E-state index contributed by atoms with van der Waals surface area (Å²) in [5, 5.41) is 2.89. The van der Waals surface area contributed by atoms with Crippen molar-refractivity contribution in [3.8, 4) is 5.75 Å². The monoisotopic (exact) mass is 462 g/mol. The van der Waals surface area contributed by atoms with Crippen molar-refractivity contribution >= 4 is 33.3 Å².